The van der Waals surface area contributed by atoms with Crippen LogP contribution in [0.3, 0.4) is 0 Å². The third-order valence-corrected chi connectivity index (χ3v) is 2.65. The molecule has 1 aromatic rings. The Morgan fingerprint density at radius 1 is 1.20 bits per heavy atom. The fourth-order valence-corrected chi connectivity index (χ4v) is 1.78. The van der Waals surface area contributed by atoms with E-state index in [1.807, 2.05) is 19.9 Å². The molecule has 0 atom stereocenters. The number of carbonyl (C=O) groups excluding carboxylic acids is 1. The van der Waals surface area contributed by atoms with Crippen LogP contribution in [0.25, 0.3) is 0 Å². The van der Waals surface area contributed by atoms with E-state index < -0.39 is 0 Å². The summed E-state index contributed by atoms with van der Waals surface area (Å²) >= 11 is 0. The molecule has 2 heteroatoms. The van der Waals surface area contributed by atoms with Crippen LogP contribution in [-0.4, -0.2) is 12.5 Å². The lowest BCUT2D eigenvalue weighted by Gasteiger charge is -2.10. The first-order valence-electron chi connectivity index (χ1n) is 5.48. The van der Waals surface area contributed by atoms with Crippen LogP contribution in [-0.2, 0) is 6.42 Å². The van der Waals surface area contributed by atoms with E-state index in [-0.39, 0.29) is 5.91 Å². The first-order valence-corrected chi connectivity index (χ1v) is 5.48. The summed E-state index contributed by atoms with van der Waals surface area (Å²) in [6, 6.07) is 4.10. The topological polar surface area (TPSA) is 29.1 Å². The third kappa shape index (κ3) is 2.58. The largest absolute Gasteiger partial charge is 0.352 e. The predicted molar refractivity (Wildman–Crippen MR) is 63.3 cm³/mol. The number of nitrogens with one attached hydrogen (secondary N) is 1. The molecule has 0 saturated heterocycles. The highest BCUT2D eigenvalue weighted by molar-refractivity contribution is 5.95. The second kappa shape index (κ2) is 4.96. The van der Waals surface area contributed by atoms with Crippen molar-refractivity contribution in [1.82, 2.24) is 5.32 Å². The monoisotopic (exact) mass is 205 g/mol. The molecule has 1 aromatic carbocycles. The molecule has 15 heavy (non-hydrogen) atoms. The first kappa shape index (κ1) is 11.8. The number of hydrogen-bond acceptors (Lipinski definition) is 1. The number of aryl methyl sites for hydroxylation is 3. The van der Waals surface area contributed by atoms with Gasteiger partial charge >= 0.3 is 0 Å². The zero-order chi connectivity index (χ0) is 11.4. The van der Waals surface area contributed by atoms with Crippen LogP contribution in [0, 0.1) is 13.8 Å². The molecule has 1 rings (SSSR count). The highest BCUT2D eigenvalue weighted by Crippen LogP contribution is 2.16. The van der Waals surface area contributed by atoms with Crippen molar-refractivity contribution in [2.45, 2.75) is 34.1 Å². The molecule has 0 aliphatic carbocycles. The minimum absolute atomic E-state index is 0.0321. The van der Waals surface area contributed by atoms with Crippen molar-refractivity contribution in [2.24, 2.45) is 0 Å². The van der Waals surface area contributed by atoms with E-state index in [0.717, 1.165) is 17.5 Å². The van der Waals surface area contributed by atoms with Crippen molar-refractivity contribution in [3.63, 3.8) is 0 Å². The van der Waals surface area contributed by atoms with Crippen molar-refractivity contribution in [3.8, 4) is 0 Å². The lowest BCUT2D eigenvalue weighted by Crippen LogP contribution is -2.23. The summed E-state index contributed by atoms with van der Waals surface area (Å²) in [6.07, 6.45) is 0.971. The highest BCUT2D eigenvalue weighted by atomic mass is 16.1. The summed E-state index contributed by atoms with van der Waals surface area (Å²) in [5, 5.41) is 2.83. The zero-order valence-corrected chi connectivity index (χ0v) is 9.98. The Bertz CT molecular complexity index is 369. The zero-order valence-electron chi connectivity index (χ0n) is 9.98. The van der Waals surface area contributed by atoms with E-state index in [2.05, 4.69) is 25.2 Å². The lowest BCUT2D eigenvalue weighted by atomic mass is 9.98. The van der Waals surface area contributed by atoms with Crippen molar-refractivity contribution in [1.29, 1.82) is 0 Å². The van der Waals surface area contributed by atoms with Crippen LogP contribution >= 0.6 is 0 Å². The summed E-state index contributed by atoms with van der Waals surface area (Å²) in [5.41, 5.74) is 4.37. The van der Waals surface area contributed by atoms with Crippen molar-refractivity contribution < 1.29 is 4.79 Å². The van der Waals surface area contributed by atoms with E-state index in [4.69, 9.17) is 0 Å². The minimum Gasteiger partial charge on any atom is -0.352 e. The van der Waals surface area contributed by atoms with Crippen molar-refractivity contribution in [3.05, 3.63) is 34.4 Å². The third-order valence-electron chi connectivity index (χ3n) is 2.65. The molecule has 82 valence electrons. The Hall–Kier alpha value is -1.31. The van der Waals surface area contributed by atoms with Gasteiger partial charge in [0.05, 0.1) is 0 Å². The van der Waals surface area contributed by atoms with Crippen molar-refractivity contribution in [2.75, 3.05) is 6.54 Å². The van der Waals surface area contributed by atoms with Crippen LogP contribution in [0.1, 0.15) is 40.9 Å². The smallest absolute Gasteiger partial charge is 0.251 e. The molecule has 2 nitrogen and oxygen atoms in total. The fourth-order valence-electron chi connectivity index (χ4n) is 1.78. The van der Waals surface area contributed by atoms with Crippen LogP contribution in [0.2, 0.25) is 0 Å². The van der Waals surface area contributed by atoms with Crippen molar-refractivity contribution >= 4 is 5.91 Å². The van der Waals surface area contributed by atoms with E-state index >= 15 is 0 Å². The van der Waals surface area contributed by atoms with Gasteiger partial charge in [-0.3, -0.25) is 4.79 Å². The van der Waals surface area contributed by atoms with Gasteiger partial charge in [-0.15, -0.1) is 0 Å². The maximum Gasteiger partial charge on any atom is 0.251 e. The van der Waals surface area contributed by atoms with Gasteiger partial charge in [-0.2, -0.15) is 0 Å². The molecule has 0 bridgehead atoms. The van der Waals surface area contributed by atoms with Crippen LogP contribution in [0.4, 0.5) is 0 Å². The van der Waals surface area contributed by atoms with Gasteiger partial charge in [0, 0.05) is 12.1 Å². The van der Waals surface area contributed by atoms with Gasteiger partial charge in [-0.25, -0.2) is 0 Å². The molecule has 0 saturated carbocycles. The number of rotatable bonds is 3. The molecule has 1 N–H and O–H groups in total. The van der Waals surface area contributed by atoms with E-state index in [9.17, 15) is 4.79 Å². The molecule has 0 aliphatic heterocycles. The second-order valence-electron chi connectivity index (χ2n) is 3.81. The molecule has 1 amide bonds. The number of carbonyl (C=O) groups is 1. The molecule has 0 heterocycles. The van der Waals surface area contributed by atoms with Crippen LogP contribution < -0.4 is 5.32 Å². The molecule has 0 aromatic heterocycles. The molecule has 0 aliphatic rings. The molecule has 0 fully saturated rings. The summed E-state index contributed by atoms with van der Waals surface area (Å²) in [5.74, 6) is 0.0321. The molecule has 0 spiro atoms. The van der Waals surface area contributed by atoms with Gasteiger partial charge in [0.2, 0.25) is 0 Å². The Morgan fingerprint density at radius 3 is 2.40 bits per heavy atom. The Balaban J connectivity index is 3.12. The Kier molecular flexibility index (Phi) is 3.89. The van der Waals surface area contributed by atoms with E-state index in [1.165, 1.54) is 11.1 Å². The van der Waals surface area contributed by atoms with E-state index in [1.54, 1.807) is 0 Å². The molecule has 0 radical (unpaired) electrons. The van der Waals surface area contributed by atoms with Gasteiger partial charge in [0.25, 0.3) is 5.91 Å². The Morgan fingerprint density at radius 2 is 1.87 bits per heavy atom. The van der Waals surface area contributed by atoms with E-state index in [0.29, 0.717) is 6.54 Å². The summed E-state index contributed by atoms with van der Waals surface area (Å²) < 4.78 is 0. The summed E-state index contributed by atoms with van der Waals surface area (Å²) in [7, 11) is 0. The summed E-state index contributed by atoms with van der Waals surface area (Å²) in [4.78, 5) is 11.7. The first-order chi connectivity index (χ1) is 7.10. The number of amides is 1. The summed E-state index contributed by atoms with van der Waals surface area (Å²) in [6.45, 7) is 8.79. The number of benzene rings is 1. The Labute approximate surface area is 91.7 Å². The highest BCUT2D eigenvalue weighted by Gasteiger charge is 2.09. The van der Waals surface area contributed by atoms with Gasteiger partial charge in [0.15, 0.2) is 0 Å². The second-order valence-corrected chi connectivity index (χ2v) is 3.81. The normalized spacial score (nSPS) is 10.1. The van der Waals surface area contributed by atoms with Gasteiger partial charge in [-0.05, 0) is 49.9 Å². The lowest BCUT2D eigenvalue weighted by molar-refractivity contribution is 0.0955. The molecule has 0 unspecified atom stereocenters. The van der Waals surface area contributed by atoms with Gasteiger partial charge in [0.1, 0.15) is 0 Å². The minimum atomic E-state index is 0.0321. The van der Waals surface area contributed by atoms with Crippen LogP contribution in [0.5, 0.6) is 0 Å². The average Bonchev–Trinajstić information content (AvgIpc) is 2.18. The number of hydrogen-bond donors (Lipinski definition) is 1. The van der Waals surface area contributed by atoms with Gasteiger partial charge < -0.3 is 5.32 Å². The van der Waals surface area contributed by atoms with Gasteiger partial charge in [-0.1, -0.05) is 13.0 Å². The fraction of sp³-hybridized carbons (Fsp3) is 0.462. The molecular weight excluding hydrogens is 186 g/mol. The quantitative estimate of drug-likeness (QED) is 0.807. The maximum absolute atomic E-state index is 11.7. The maximum atomic E-state index is 11.7. The predicted octanol–water partition coefficient (Wildman–Crippen LogP) is 2.62. The standard InChI is InChI=1S/C13H19NO/c1-5-11-8-12(13(15)14-6-2)10(4)7-9(11)3/h7-8H,5-6H2,1-4H3,(H,14,15). The average molecular weight is 205 g/mol. The SMILES string of the molecule is CCNC(=O)c1cc(CC)c(C)cc1C. The molecular formula is C13H19NO. The van der Waals surface area contributed by atoms with Crippen LogP contribution in [0.15, 0.2) is 12.1 Å².